The van der Waals surface area contributed by atoms with Gasteiger partial charge in [-0.1, -0.05) is 26.0 Å². The Hall–Kier alpha value is -1.02. The maximum Gasteiger partial charge on any atom is 0.0361 e. The molecule has 1 aliphatic carbocycles. The third kappa shape index (κ3) is 2.81. The van der Waals surface area contributed by atoms with Gasteiger partial charge < -0.3 is 10.2 Å². The van der Waals surface area contributed by atoms with Crippen molar-refractivity contribution in [1.29, 1.82) is 0 Å². The van der Waals surface area contributed by atoms with Crippen molar-refractivity contribution < 1.29 is 0 Å². The summed E-state index contributed by atoms with van der Waals surface area (Å²) >= 11 is 0. The molecule has 2 unspecified atom stereocenters. The first kappa shape index (κ1) is 12.4. The van der Waals surface area contributed by atoms with Crippen LogP contribution in [0.25, 0.3) is 0 Å². The molecule has 1 aromatic carbocycles. The maximum absolute atomic E-state index is 3.70. The zero-order valence-corrected chi connectivity index (χ0v) is 11.6. The van der Waals surface area contributed by atoms with Crippen LogP contribution in [0, 0.1) is 5.41 Å². The van der Waals surface area contributed by atoms with Gasteiger partial charge in [-0.05, 0) is 36.5 Å². The summed E-state index contributed by atoms with van der Waals surface area (Å²) in [6.07, 6.45) is 1.30. The van der Waals surface area contributed by atoms with Crippen LogP contribution in [0.1, 0.15) is 38.8 Å². The lowest BCUT2D eigenvalue weighted by Crippen LogP contribution is -2.24. The second-order valence-corrected chi connectivity index (χ2v) is 6.12. The molecule has 17 heavy (non-hydrogen) atoms. The van der Waals surface area contributed by atoms with Crippen LogP contribution in [0.3, 0.4) is 0 Å². The zero-order chi connectivity index (χ0) is 12.6. The molecule has 2 heteroatoms. The van der Waals surface area contributed by atoms with E-state index in [0.717, 1.165) is 0 Å². The summed E-state index contributed by atoms with van der Waals surface area (Å²) in [6.45, 7) is 6.90. The summed E-state index contributed by atoms with van der Waals surface area (Å²) in [5, 5.41) is 3.70. The Morgan fingerprint density at radius 1 is 1.24 bits per heavy atom. The van der Waals surface area contributed by atoms with E-state index in [1.54, 1.807) is 0 Å². The molecular weight excluding hydrogens is 208 g/mol. The molecule has 0 saturated heterocycles. The average molecular weight is 232 g/mol. The molecule has 94 valence electrons. The number of anilines is 1. The number of rotatable bonds is 4. The van der Waals surface area contributed by atoms with Gasteiger partial charge in [-0.25, -0.2) is 0 Å². The quantitative estimate of drug-likeness (QED) is 0.857. The Morgan fingerprint density at radius 3 is 2.18 bits per heavy atom. The molecule has 2 nitrogen and oxygen atoms in total. The number of nitrogens with zero attached hydrogens (tertiary/aromatic N) is 1. The topological polar surface area (TPSA) is 15.3 Å². The third-order valence-corrected chi connectivity index (χ3v) is 3.87. The molecule has 1 saturated carbocycles. The van der Waals surface area contributed by atoms with Crippen LogP contribution in [0.15, 0.2) is 24.3 Å². The molecule has 2 atom stereocenters. The lowest BCUT2D eigenvalue weighted by atomic mass is 10.1. The summed E-state index contributed by atoms with van der Waals surface area (Å²) < 4.78 is 0. The summed E-state index contributed by atoms with van der Waals surface area (Å²) in [5.41, 5.74) is 3.13. The fraction of sp³-hybridized carbons (Fsp3) is 0.600. The molecular formula is C15H24N2. The maximum atomic E-state index is 3.70. The lowest BCUT2D eigenvalue weighted by molar-refractivity contribution is 0.492. The second kappa shape index (κ2) is 4.34. The summed E-state index contributed by atoms with van der Waals surface area (Å²) in [6, 6.07) is 9.95. The minimum Gasteiger partial charge on any atom is -0.378 e. The monoisotopic (exact) mass is 232 g/mol. The van der Waals surface area contributed by atoms with Gasteiger partial charge in [0.2, 0.25) is 0 Å². The van der Waals surface area contributed by atoms with Crippen LogP contribution in [0.5, 0.6) is 0 Å². The van der Waals surface area contributed by atoms with E-state index in [1.807, 2.05) is 0 Å². The Bertz CT molecular complexity index is 378. The fourth-order valence-corrected chi connectivity index (χ4v) is 2.21. The van der Waals surface area contributed by atoms with E-state index in [4.69, 9.17) is 0 Å². The van der Waals surface area contributed by atoms with Crippen molar-refractivity contribution >= 4 is 5.69 Å². The first-order chi connectivity index (χ1) is 7.90. The van der Waals surface area contributed by atoms with Crippen LogP contribution >= 0.6 is 0 Å². The smallest absolute Gasteiger partial charge is 0.0361 e. The number of benzene rings is 1. The SMILES string of the molecule is CC(NC1CC1(C)C)c1ccc(N(C)C)cc1. The molecule has 0 aromatic heterocycles. The highest BCUT2D eigenvalue weighted by atomic mass is 15.1. The Balaban J connectivity index is 1.97. The Kier molecular flexibility index (Phi) is 3.17. The van der Waals surface area contributed by atoms with E-state index < -0.39 is 0 Å². The predicted molar refractivity (Wildman–Crippen MR) is 74.5 cm³/mol. The summed E-state index contributed by atoms with van der Waals surface area (Å²) in [4.78, 5) is 2.13. The van der Waals surface area contributed by atoms with Gasteiger partial charge in [0.1, 0.15) is 0 Å². The van der Waals surface area contributed by atoms with E-state index in [-0.39, 0.29) is 0 Å². The number of hydrogen-bond acceptors (Lipinski definition) is 2. The first-order valence-electron chi connectivity index (χ1n) is 6.43. The highest BCUT2D eigenvalue weighted by molar-refractivity contribution is 5.46. The van der Waals surface area contributed by atoms with Gasteiger partial charge in [0, 0.05) is 31.9 Å². The molecule has 1 aliphatic rings. The van der Waals surface area contributed by atoms with Crippen LogP contribution < -0.4 is 10.2 Å². The Morgan fingerprint density at radius 2 is 1.76 bits per heavy atom. The van der Waals surface area contributed by atoms with Crippen molar-refractivity contribution in [3.8, 4) is 0 Å². The van der Waals surface area contributed by atoms with Crippen molar-refractivity contribution in [2.45, 2.75) is 39.3 Å². The van der Waals surface area contributed by atoms with Crippen molar-refractivity contribution in [1.82, 2.24) is 5.32 Å². The van der Waals surface area contributed by atoms with E-state index in [9.17, 15) is 0 Å². The largest absolute Gasteiger partial charge is 0.378 e. The van der Waals surface area contributed by atoms with Crippen LogP contribution in [0.2, 0.25) is 0 Å². The second-order valence-electron chi connectivity index (χ2n) is 6.12. The van der Waals surface area contributed by atoms with Crippen molar-refractivity contribution in [3.63, 3.8) is 0 Å². The number of nitrogens with one attached hydrogen (secondary N) is 1. The van der Waals surface area contributed by atoms with Crippen molar-refractivity contribution in [2.24, 2.45) is 5.41 Å². The van der Waals surface area contributed by atoms with E-state index in [2.05, 4.69) is 69.3 Å². The van der Waals surface area contributed by atoms with Gasteiger partial charge >= 0.3 is 0 Å². The van der Waals surface area contributed by atoms with E-state index in [0.29, 0.717) is 17.5 Å². The Labute approximate surface area is 105 Å². The molecule has 0 aliphatic heterocycles. The van der Waals surface area contributed by atoms with Crippen LogP contribution in [-0.2, 0) is 0 Å². The van der Waals surface area contributed by atoms with Crippen LogP contribution in [0.4, 0.5) is 5.69 Å². The minimum absolute atomic E-state index is 0.443. The molecule has 0 radical (unpaired) electrons. The van der Waals surface area contributed by atoms with E-state index in [1.165, 1.54) is 17.7 Å². The van der Waals surface area contributed by atoms with E-state index >= 15 is 0 Å². The zero-order valence-electron chi connectivity index (χ0n) is 11.6. The molecule has 1 N–H and O–H groups in total. The minimum atomic E-state index is 0.443. The van der Waals surface area contributed by atoms with Crippen molar-refractivity contribution in [2.75, 3.05) is 19.0 Å². The molecule has 1 aromatic rings. The van der Waals surface area contributed by atoms with Gasteiger partial charge in [-0.2, -0.15) is 0 Å². The standard InChI is InChI=1S/C15H24N2/c1-11(16-14-10-15(14,2)3)12-6-8-13(9-7-12)17(4)5/h6-9,11,14,16H,10H2,1-5H3. The summed E-state index contributed by atoms with van der Waals surface area (Å²) in [5.74, 6) is 0. The van der Waals surface area contributed by atoms with Gasteiger partial charge in [0.15, 0.2) is 0 Å². The predicted octanol–water partition coefficient (Wildman–Crippen LogP) is 3.20. The average Bonchev–Trinajstić information content (AvgIpc) is 2.86. The molecule has 0 bridgehead atoms. The molecule has 1 fully saturated rings. The molecule has 2 rings (SSSR count). The summed E-state index contributed by atoms with van der Waals surface area (Å²) in [7, 11) is 4.15. The number of hydrogen-bond donors (Lipinski definition) is 1. The third-order valence-electron chi connectivity index (χ3n) is 3.87. The molecule has 0 heterocycles. The van der Waals surface area contributed by atoms with Gasteiger partial charge in [-0.15, -0.1) is 0 Å². The van der Waals surface area contributed by atoms with Crippen molar-refractivity contribution in [3.05, 3.63) is 29.8 Å². The highest BCUT2D eigenvalue weighted by Crippen LogP contribution is 2.45. The van der Waals surface area contributed by atoms with Gasteiger partial charge in [0.25, 0.3) is 0 Å². The first-order valence-corrected chi connectivity index (χ1v) is 6.43. The highest BCUT2D eigenvalue weighted by Gasteiger charge is 2.45. The molecule has 0 spiro atoms. The van der Waals surface area contributed by atoms with Gasteiger partial charge in [0.05, 0.1) is 0 Å². The normalized spacial score (nSPS) is 23.2. The van der Waals surface area contributed by atoms with Crippen LogP contribution in [-0.4, -0.2) is 20.1 Å². The molecule has 0 amide bonds. The lowest BCUT2D eigenvalue weighted by Gasteiger charge is -2.18. The fourth-order valence-electron chi connectivity index (χ4n) is 2.21. The van der Waals surface area contributed by atoms with Gasteiger partial charge in [-0.3, -0.25) is 0 Å².